The van der Waals surface area contributed by atoms with E-state index in [0.29, 0.717) is 11.0 Å². The normalized spacial score (nSPS) is 16.0. The van der Waals surface area contributed by atoms with E-state index < -0.39 is 16.6 Å². The summed E-state index contributed by atoms with van der Waals surface area (Å²) in [6.45, 7) is 30.0. The molecule has 1 nitrogen and oxygen atoms in total. The van der Waals surface area contributed by atoms with Gasteiger partial charge in [-0.15, -0.1) is 0 Å². The van der Waals surface area contributed by atoms with Crippen LogP contribution in [-0.2, 0) is 4.12 Å². The Morgan fingerprint density at radius 3 is 1.67 bits per heavy atom. The van der Waals surface area contributed by atoms with Gasteiger partial charge in [-0.2, -0.15) is 0 Å². The van der Waals surface area contributed by atoms with Crippen LogP contribution in [0, 0.1) is 10.8 Å². The highest BCUT2D eigenvalue weighted by Crippen LogP contribution is 2.43. The minimum absolute atomic E-state index is 0.194. The molecule has 0 aromatic rings. The first kappa shape index (κ1) is 21.1. The molecule has 0 aromatic heterocycles. The molecule has 0 N–H and O–H groups in total. The summed E-state index contributed by atoms with van der Waals surface area (Å²) < 4.78 is 6.68. The molecule has 0 spiro atoms. The van der Waals surface area contributed by atoms with E-state index >= 15 is 0 Å². The summed E-state index contributed by atoms with van der Waals surface area (Å²) in [6, 6.07) is 0. The topological polar surface area (TPSA) is 9.23 Å². The second kappa shape index (κ2) is 6.71. The second-order valence-corrected chi connectivity index (χ2v) is 19.4. The van der Waals surface area contributed by atoms with E-state index in [4.69, 9.17) is 4.12 Å². The molecule has 0 bridgehead atoms. The predicted molar refractivity (Wildman–Crippen MR) is 103 cm³/mol. The van der Waals surface area contributed by atoms with Gasteiger partial charge >= 0.3 is 0 Å². The molecule has 0 aromatic carbocycles. The Labute approximate surface area is 136 Å². The molecule has 0 aliphatic carbocycles. The molecule has 1 atom stereocenters. The first-order valence-corrected chi connectivity index (χ1v) is 14.7. The van der Waals surface area contributed by atoms with Crippen molar-refractivity contribution in [2.24, 2.45) is 10.8 Å². The first-order chi connectivity index (χ1) is 8.94. The van der Waals surface area contributed by atoms with Crippen molar-refractivity contribution >= 4 is 16.6 Å². The van der Waals surface area contributed by atoms with Crippen molar-refractivity contribution < 1.29 is 4.12 Å². The average Bonchev–Trinajstić information content (AvgIpc) is 2.08. The van der Waals surface area contributed by atoms with Crippen LogP contribution in [-0.4, -0.2) is 16.6 Å². The summed E-state index contributed by atoms with van der Waals surface area (Å²) in [5.74, 6) is 0. The number of rotatable bonds is 6. The molecule has 0 saturated heterocycles. The summed E-state index contributed by atoms with van der Waals surface area (Å²) in [5, 5.41) is 0. The van der Waals surface area contributed by atoms with E-state index in [1.807, 2.05) is 0 Å². The van der Waals surface area contributed by atoms with Crippen molar-refractivity contribution in [1.82, 2.24) is 0 Å². The van der Waals surface area contributed by atoms with Gasteiger partial charge in [0.1, 0.15) is 0 Å². The molecule has 0 rings (SSSR count). The molecule has 3 heteroatoms. The Hall–Kier alpha value is 0.134. The SMILES string of the molecule is C=C(CC(CC(C)(C)C)[Si](C)(C)O[Si](C)(C)C)C(C)(C)C. The van der Waals surface area contributed by atoms with Crippen molar-refractivity contribution in [2.45, 2.75) is 92.7 Å². The van der Waals surface area contributed by atoms with E-state index in [9.17, 15) is 0 Å². The Morgan fingerprint density at radius 1 is 0.952 bits per heavy atom. The highest BCUT2D eigenvalue weighted by atomic mass is 28.4. The van der Waals surface area contributed by atoms with E-state index in [1.54, 1.807) is 0 Å². The molecular formula is C18H40OSi2. The van der Waals surface area contributed by atoms with Gasteiger partial charge < -0.3 is 4.12 Å². The van der Waals surface area contributed by atoms with Crippen molar-refractivity contribution in [2.75, 3.05) is 0 Å². The van der Waals surface area contributed by atoms with Crippen LogP contribution in [0.3, 0.4) is 0 Å². The van der Waals surface area contributed by atoms with E-state index in [0.717, 1.165) is 6.42 Å². The number of hydrogen-bond donors (Lipinski definition) is 0. The van der Waals surface area contributed by atoms with Crippen LogP contribution in [0.25, 0.3) is 0 Å². The summed E-state index contributed by atoms with van der Waals surface area (Å²) in [7, 11) is -3.21. The lowest BCUT2D eigenvalue weighted by Gasteiger charge is -2.42. The van der Waals surface area contributed by atoms with Crippen LogP contribution in [0.2, 0.25) is 38.3 Å². The third-order valence-corrected chi connectivity index (χ3v) is 10.9. The van der Waals surface area contributed by atoms with Gasteiger partial charge in [0.2, 0.25) is 0 Å². The molecular weight excluding hydrogens is 288 g/mol. The average molecular weight is 329 g/mol. The highest BCUT2D eigenvalue weighted by Gasteiger charge is 2.40. The molecule has 0 fully saturated rings. The van der Waals surface area contributed by atoms with Crippen LogP contribution in [0.5, 0.6) is 0 Å². The lowest BCUT2D eigenvalue weighted by atomic mass is 9.82. The van der Waals surface area contributed by atoms with Gasteiger partial charge in [0.25, 0.3) is 0 Å². The van der Waals surface area contributed by atoms with Crippen molar-refractivity contribution in [3.05, 3.63) is 12.2 Å². The Balaban J connectivity index is 5.28. The van der Waals surface area contributed by atoms with Gasteiger partial charge in [-0.05, 0) is 61.9 Å². The van der Waals surface area contributed by atoms with Crippen LogP contribution in [0.1, 0.15) is 54.4 Å². The summed E-state index contributed by atoms with van der Waals surface area (Å²) in [6.07, 6.45) is 2.34. The highest BCUT2D eigenvalue weighted by molar-refractivity contribution is 6.85. The second-order valence-electron chi connectivity index (χ2n) is 10.3. The fraction of sp³-hybridized carbons (Fsp3) is 0.889. The fourth-order valence-corrected chi connectivity index (χ4v) is 11.6. The maximum absolute atomic E-state index is 6.68. The quantitative estimate of drug-likeness (QED) is 0.383. The molecule has 0 aliphatic rings. The molecule has 21 heavy (non-hydrogen) atoms. The number of allylic oxidation sites excluding steroid dienone is 1. The summed E-state index contributed by atoms with van der Waals surface area (Å²) >= 11 is 0. The summed E-state index contributed by atoms with van der Waals surface area (Å²) in [4.78, 5) is 0. The molecule has 0 saturated carbocycles. The first-order valence-electron chi connectivity index (χ1n) is 8.32. The zero-order valence-electron chi connectivity index (χ0n) is 16.6. The smallest absolute Gasteiger partial charge is 0.176 e. The standard InChI is InChI=1S/C18H40OSi2/c1-15(18(5,6)7)13-16(14-17(2,3)4)21(11,12)19-20(8,9)10/h16H,1,13-14H2,2-12H3. The molecule has 0 aliphatic heterocycles. The van der Waals surface area contributed by atoms with Gasteiger partial charge in [0.15, 0.2) is 16.6 Å². The van der Waals surface area contributed by atoms with Crippen LogP contribution in [0.15, 0.2) is 12.2 Å². The van der Waals surface area contributed by atoms with E-state index in [2.05, 4.69) is 80.9 Å². The predicted octanol–water partition coefficient (Wildman–Crippen LogP) is 6.84. The lowest BCUT2D eigenvalue weighted by Crippen LogP contribution is -2.47. The molecule has 1 unspecified atom stereocenters. The largest absolute Gasteiger partial charge is 0.455 e. The van der Waals surface area contributed by atoms with E-state index in [1.165, 1.54) is 12.0 Å². The van der Waals surface area contributed by atoms with Gasteiger partial charge in [0, 0.05) is 0 Å². The minimum atomic E-state index is -1.72. The third-order valence-electron chi connectivity index (χ3n) is 3.96. The molecule has 0 heterocycles. The lowest BCUT2D eigenvalue weighted by molar-refractivity contribution is 0.339. The maximum Gasteiger partial charge on any atom is 0.176 e. The minimum Gasteiger partial charge on any atom is -0.455 e. The molecule has 126 valence electrons. The Morgan fingerprint density at radius 2 is 1.38 bits per heavy atom. The van der Waals surface area contributed by atoms with Crippen molar-refractivity contribution in [3.8, 4) is 0 Å². The Bertz CT molecular complexity index is 351. The number of hydrogen-bond acceptors (Lipinski definition) is 1. The maximum atomic E-state index is 6.68. The zero-order chi connectivity index (χ0) is 17.3. The van der Waals surface area contributed by atoms with Gasteiger partial charge in [-0.3, -0.25) is 0 Å². The zero-order valence-corrected chi connectivity index (χ0v) is 18.6. The van der Waals surface area contributed by atoms with Crippen LogP contribution >= 0.6 is 0 Å². The van der Waals surface area contributed by atoms with E-state index in [-0.39, 0.29) is 5.41 Å². The monoisotopic (exact) mass is 328 g/mol. The van der Waals surface area contributed by atoms with Crippen LogP contribution < -0.4 is 0 Å². The molecule has 0 amide bonds. The van der Waals surface area contributed by atoms with Gasteiger partial charge in [0.05, 0.1) is 0 Å². The van der Waals surface area contributed by atoms with Gasteiger partial charge in [-0.1, -0.05) is 53.7 Å². The van der Waals surface area contributed by atoms with Crippen molar-refractivity contribution in [3.63, 3.8) is 0 Å². The van der Waals surface area contributed by atoms with Crippen molar-refractivity contribution in [1.29, 1.82) is 0 Å². The third kappa shape index (κ3) is 8.99. The van der Waals surface area contributed by atoms with Crippen LogP contribution in [0.4, 0.5) is 0 Å². The summed E-state index contributed by atoms with van der Waals surface area (Å²) in [5.41, 5.74) is 2.56. The fourth-order valence-electron chi connectivity index (χ4n) is 2.78. The molecule has 0 radical (unpaired) electrons. The van der Waals surface area contributed by atoms with Gasteiger partial charge in [-0.25, -0.2) is 0 Å². The Kier molecular flexibility index (Phi) is 6.76.